The van der Waals surface area contributed by atoms with E-state index in [9.17, 15) is 0 Å². The zero-order valence-electron chi connectivity index (χ0n) is 13.0. The molecule has 3 N–H and O–H groups in total. The van der Waals surface area contributed by atoms with Crippen molar-refractivity contribution in [3.63, 3.8) is 0 Å². The van der Waals surface area contributed by atoms with E-state index in [1.165, 1.54) is 41.2 Å². The monoisotopic (exact) mass is 290 g/mol. The smallest absolute Gasteiger partial charge is 0.111 e. The molecule has 0 heterocycles. The quantitative estimate of drug-likeness (QED) is 0.646. The van der Waals surface area contributed by atoms with Crippen molar-refractivity contribution in [2.24, 2.45) is 0 Å². The summed E-state index contributed by atoms with van der Waals surface area (Å²) in [6.45, 7) is 0. The lowest BCUT2D eigenvalue weighted by Crippen LogP contribution is -2.53. The number of aryl methyl sites for hydroxylation is 1. The first-order valence-corrected chi connectivity index (χ1v) is 8.19. The summed E-state index contributed by atoms with van der Waals surface area (Å²) in [4.78, 5) is 0. The van der Waals surface area contributed by atoms with Crippen molar-refractivity contribution >= 4 is 10.8 Å². The van der Waals surface area contributed by atoms with Gasteiger partial charge in [-0.2, -0.15) is 0 Å². The van der Waals surface area contributed by atoms with Crippen molar-refractivity contribution in [3.05, 3.63) is 83.9 Å². The minimum Gasteiger partial charge on any atom is -0.351 e. The van der Waals surface area contributed by atoms with Gasteiger partial charge in [-0.05, 0) is 35.6 Å². The highest BCUT2D eigenvalue weighted by Crippen LogP contribution is 2.25. The summed E-state index contributed by atoms with van der Waals surface area (Å²) in [5.41, 5.74) is 7.23. The van der Waals surface area contributed by atoms with Gasteiger partial charge in [0, 0.05) is 12.0 Å². The zero-order valence-corrected chi connectivity index (χ0v) is 13.0. The highest BCUT2D eigenvalue weighted by atomic mass is 14.6. The van der Waals surface area contributed by atoms with Gasteiger partial charge in [0.15, 0.2) is 0 Å². The second-order valence-electron chi connectivity index (χ2n) is 6.00. The first-order valence-electron chi connectivity index (χ1n) is 8.19. The minimum absolute atomic E-state index is 0.377. The largest absolute Gasteiger partial charge is 0.351 e. The van der Waals surface area contributed by atoms with Crippen LogP contribution in [0.2, 0.25) is 0 Å². The topological polar surface area (TPSA) is 27.6 Å². The number of hydrogen-bond acceptors (Lipinski definition) is 0. The molecule has 0 fully saturated rings. The molecule has 22 heavy (non-hydrogen) atoms. The van der Waals surface area contributed by atoms with Gasteiger partial charge >= 0.3 is 0 Å². The Balaban J connectivity index is 1.58. The first kappa shape index (κ1) is 14.8. The van der Waals surface area contributed by atoms with Gasteiger partial charge in [0.2, 0.25) is 0 Å². The predicted molar refractivity (Wildman–Crippen MR) is 93.6 cm³/mol. The lowest BCUT2D eigenvalue weighted by molar-refractivity contribution is -0.427. The summed E-state index contributed by atoms with van der Waals surface area (Å²) in [5, 5.41) is 2.67. The number of fused-ring (bicyclic) bond motifs is 1. The molecule has 3 aromatic carbocycles. The van der Waals surface area contributed by atoms with Gasteiger partial charge in [-0.1, -0.05) is 72.8 Å². The molecule has 0 aromatic heterocycles. The first-order chi connectivity index (χ1) is 10.8. The Morgan fingerprint density at radius 1 is 0.727 bits per heavy atom. The molecule has 0 bridgehead atoms. The van der Waals surface area contributed by atoms with Crippen LogP contribution in [0.15, 0.2) is 72.8 Å². The number of rotatable bonds is 6. The number of quaternary nitrogens is 1. The van der Waals surface area contributed by atoms with Crippen LogP contribution in [0.5, 0.6) is 0 Å². The third-order valence-electron chi connectivity index (χ3n) is 4.37. The summed E-state index contributed by atoms with van der Waals surface area (Å²) >= 11 is 0. The average Bonchev–Trinajstić information content (AvgIpc) is 2.59. The standard InChI is InChI=1S/C21H23N/c22-21(16-7-4-11-17-9-2-1-3-10-17)20-15-8-13-18-12-5-6-14-19(18)20/h1-3,5-6,8-10,12-15,21H,4,7,11,16,22H2/p+1/t21-/m0/s1. The molecule has 0 saturated heterocycles. The summed E-state index contributed by atoms with van der Waals surface area (Å²) < 4.78 is 0. The van der Waals surface area contributed by atoms with Crippen LogP contribution in [0, 0.1) is 0 Å². The molecule has 112 valence electrons. The van der Waals surface area contributed by atoms with Gasteiger partial charge in [0.1, 0.15) is 6.04 Å². The Morgan fingerprint density at radius 3 is 2.32 bits per heavy atom. The van der Waals surface area contributed by atoms with Crippen molar-refractivity contribution in [1.82, 2.24) is 0 Å². The molecular weight excluding hydrogens is 266 g/mol. The van der Waals surface area contributed by atoms with E-state index in [-0.39, 0.29) is 0 Å². The molecule has 0 radical (unpaired) electrons. The van der Waals surface area contributed by atoms with Crippen LogP contribution in [-0.2, 0) is 6.42 Å². The fourth-order valence-electron chi connectivity index (χ4n) is 3.13. The van der Waals surface area contributed by atoms with Crippen molar-refractivity contribution in [3.8, 4) is 0 Å². The Kier molecular flexibility index (Phi) is 4.87. The molecule has 3 aromatic rings. The van der Waals surface area contributed by atoms with E-state index in [4.69, 9.17) is 0 Å². The van der Waals surface area contributed by atoms with Crippen LogP contribution in [0.25, 0.3) is 10.8 Å². The van der Waals surface area contributed by atoms with Gasteiger partial charge in [-0.3, -0.25) is 0 Å². The van der Waals surface area contributed by atoms with E-state index in [0.717, 1.165) is 6.42 Å². The highest BCUT2D eigenvalue weighted by Gasteiger charge is 2.12. The van der Waals surface area contributed by atoms with Crippen molar-refractivity contribution < 1.29 is 5.73 Å². The lowest BCUT2D eigenvalue weighted by Gasteiger charge is -2.12. The number of benzene rings is 3. The van der Waals surface area contributed by atoms with E-state index < -0.39 is 0 Å². The van der Waals surface area contributed by atoms with Crippen molar-refractivity contribution in [1.29, 1.82) is 0 Å². The summed E-state index contributed by atoms with van der Waals surface area (Å²) in [6.07, 6.45) is 4.79. The predicted octanol–water partition coefficient (Wildman–Crippen LogP) is 4.54. The number of hydrogen-bond donors (Lipinski definition) is 1. The molecule has 0 spiro atoms. The van der Waals surface area contributed by atoms with Gasteiger partial charge in [-0.25, -0.2) is 0 Å². The van der Waals surface area contributed by atoms with Crippen LogP contribution in [-0.4, -0.2) is 0 Å². The van der Waals surface area contributed by atoms with E-state index in [1.54, 1.807) is 0 Å². The maximum Gasteiger partial charge on any atom is 0.111 e. The van der Waals surface area contributed by atoms with E-state index in [0.29, 0.717) is 6.04 Å². The Labute approximate surface area is 132 Å². The molecule has 0 amide bonds. The SMILES string of the molecule is [NH3+][C@@H](CCCCc1ccccc1)c1cccc2ccccc12. The maximum absolute atomic E-state index is 4.40. The van der Waals surface area contributed by atoms with Crippen LogP contribution in [0.4, 0.5) is 0 Å². The molecule has 0 aliphatic rings. The van der Waals surface area contributed by atoms with E-state index >= 15 is 0 Å². The Bertz CT molecular complexity index is 713. The fraction of sp³-hybridized carbons (Fsp3) is 0.238. The van der Waals surface area contributed by atoms with E-state index in [1.807, 2.05) is 0 Å². The van der Waals surface area contributed by atoms with Gasteiger partial charge in [-0.15, -0.1) is 0 Å². The second-order valence-corrected chi connectivity index (χ2v) is 6.00. The van der Waals surface area contributed by atoms with Crippen LogP contribution >= 0.6 is 0 Å². The molecule has 1 heteroatoms. The van der Waals surface area contributed by atoms with E-state index in [2.05, 4.69) is 78.5 Å². The third-order valence-corrected chi connectivity index (χ3v) is 4.37. The molecule has 1 nitrogen and oxygen atoms in total. The molecule has 0 saturated carbocycles. The van der Waals surface area contributed by atoms with Crippen molar-refractivity contribution in [2.75, 3.05) is 0 Å². The highest BCUT2D eigenvalue weighted by molar-refractivity contribution is 5.85. The normalized spacial score (nSPS) is 12.4. The van der Waals surface area contributed by atoms with Gasteiger partial charge in [0.25, 0.3) is 0 Å². The minimum atomic E-state index is 0.377. The Hall–Kier alpha value is -2.12. The maximum atomic E-state index is 4.40. The molecular formula is C21H24N+. The number of unbranched alkanes of at least 4 members (excludes halogenated alkanes) is 1. The van der Waals surface area contributed by atoms with Crippen LogP contribution in [0.3, 0.4) is 0 Å². The summed E-state index contributed by atoms with van der Waals surface area (Å²) in [7, 11) is 0. The lowest BCUT2D eigenvalue weighted by atomic mass is 9.95. The van der Waals surface area contributed by atoms with Crippen LogP contribution in [0.1, 0.15) is 36.4 Å². The zero-order chi connectivity index (χ0) is 15.2. The van der Waals surface area contributed by atoms with Gasteiger partial charge < -0.3 is 5.73 Å². The van der Waals surface area contributed by atoms with Gasteiger partial charge in [0.05, 0.1) is 0 Å². The fourth-order valence-corrected chi connectivity index (χ4v) is 3.13. The molecule has 0 unspecified atom stereocenters. The summed E-state index contributed by atoms with van der Waals surface area (Å²) in [5.74, 6) is 0. The molecule has 1 atom stereocenters. The summed E-state index contributed by atoms with van der Waals surface area (Å²) in [6, 6.07) is 26.3. The molecule has 3 rings (SSSR count). The Morgan fingerprint density at radius 2 is 1.45 bits per heavy atom. The van der Waals surface area contributed by atoms with Crippen molar-refractivity contribution in [2.45, 2.75) is 31.7 Å². The molecule has 0 aliphatic heterocycles. The third kappa shape index (κ3) is 3.55. The second kappa shape index (κ2) is 7.24. The average molecular weight is 290 g/mol. The van der Waals surface area contributed by atoms with Crippen LogP contribution < -0.4 is 5.73 Å². The molecule has 0 aliphatic carbocycles.